The highest BCUT2D eigenvalue weighted by Crippen LogP contribution is 2.24. The molecule has 110 valence electrons. The fourth-order valence-corrected chi connectivity index (χ4v) is 3.10. The summed E-state index contributed by atoms with van der Waals surface area (Å²) in [5.41, 5.74) is 0.983. The number of thiazole rings is 1. The molecule has 0 bridgehead atoms. The number of aromatic nitrogens is 1. The quantitative estimate of drug-likeness (QED) is 0.928. The Labute approximate surface area is 123 Å². The fourth-order valence-electron chi connectivity index (χ4n) is 2.22. The lowest BCUT2D eigenvalue weighted by Crippen LogP contribution is -2.33. The Bertz CT molecular complexity index is 510. The molecule has 1 fully saturated rings. The Balaban J connectivity index is 1.97. The van der Waals surface area contributed by atoms with Gasteiger partial charge in [0.05, 0.1) is 11.6 Å². The Hall–Kier alpha value is -1.43. The third-order valence-corrected chi connectivity index (χ3v) is 4.27. The summed E-state index contributed by atoms with van der Waals surface area (Å²) >= 11 is 1.43. The second kappa shape index (κ2) is 5.91. The number of nitrogens with zero attached hydrogens (tertiary/aromatic N) is 2. The summed E-state index contributed by atoms with van der Waals surface area (Å²) in [6.45, 7) is 8.57. The molecule has 1 N–H and O–H groups in total. The van der Waals surface area contributed by atoms with E-state index in [1.54, 1.807) is 4.90 Å². The van der Waals surface area contributed by atoms with Gasteiger partial charge in [-0.1, -0.05) is 13.8 Å². The monoisotopic (exact) mass is 295 g/mol. The van der Waals surface area contributed by atoms with Gasteiger partial charge in [0.25, 0.3) is 0 Å². The molecule has 2 amide bonds. The minimum absolute atomic E-state index is 0.0576. The first-order valence-electron chi connectivity index (χ1n) is 6.94. The van der Waals surface area contributed by atoms with Crippen LogP contribution < -0.4 is 5.32 Å². The first-order valence-corrected chi connectivity index (χ1v) is 7.82. The number of carbonyl (C=O) groups is 2. The first kappa shape index (κ1) is 15.0. The molecule has 0 aliphatic carbocycles. The molecule has 1 aromatic rings. The van der Waals surface area contributed by atoms with Crippen LogP contribution in [-0.2, 0) is 9.59 Å². The van der Waals surface area contributed by atoms with E-state index in [2.05, 4.69) is 24.1 Å². The average molecular weight is 295 g/mol. The lowest BCUT2D eigenvalue weighted by Gasteiger charge is -2.20. The van der Waals surface area contributed by atoms with Gasteiger partial charge in [0.2, 0.25) is 11.8 Å². The van der Waals surface area contributed by atoms with Crippen LogP contribution in [0.3, 0.4) is 0 Å². The summed E-state index contributed by atoms with van der Waals surface area (Å²) < 4.78 is 0. The number of anilines is 1. The molecule has 1 unspecified atom stereocenters. The number of hydrogen-bond acceptors (Lipinski definition) is 4. The topological polar surface area (TPSA) is 62.3 Å². The van der Waals surface area contributed by atoms with E-state index in [1.165, 1.54) is 11.3 Å². The third kappa shape index (κ3) is 3.17. The van der Waals surface area contributed by atoms with Crippen molar-refractivity contribution in [3.8, 4) is 0 Å². The number of carbonyl (C=O) groups excluding carboxylic acids is 2. The molecule has 0 radical (unpaired) electrons. The van der Waals surface area contributed by atoms with Crippen LogP contribution in [0.1, 0.15) is 45.7 Å². The molecule has 0 aromatic carbocycles. The Morgan fingerprint density at radius 3 is 2.65 bits per heavy atom. The van der Waals surface area contributed by atoms with Gasteiger partial charge in [0.15, 0.2) is 5.13 Å². The van der Waals surface area contributed by atoms with Gasteiger partial charge in [0, 0.05) is 24.4 Å². The van der Waals surface area contributed by atoms with Gasteiger partial charge in [-0.2, -0.15) is 0 Å². The fraction of sp³-hybridized carbons (Fsp3) is 0.643. The molecule has 5 nitrogen and oxygen atoms in total. The summed E-state index contributed by atoms with van der Waals surface area (Å²) in [5, 5.41) is 5.41. The maximum atomic E-state index is 12.2. The molecular formula is C14H21N3O2S. The molecule has 20 heavy (non-hydrogen) atoms. The van der Waals surface area contributed by atoms with Crippen LogP contribution in [-0.4, -0.2) is 34.3 Å². The number of rotatable bonds is 4. The third-order valence-electron chi connectivity index (χ3n) is 3.50. The van der Waals surface area contributed by atoms with Crippen LogP contribution in [0.15, 0.2) is 5.38 Å². The lowest BCUT2D eigenvalue weighted by atomic mass is 10.1. The van der Waals surface area contributed by atoms with Crippen LogP contribution in [0, 0.1) is 5.92 Å². The highest BCUT2D eigenvalue weighted by Gasteiger charge is 2.35. The van der Waals surface area contributed by atoms with Gasteiger partial charge in [-0.25, -0.2) is 4.98 Å². The molecule has 1 aliphatic rings. The van der Waals surface area contributed by atoms with Crippen molar-refractivity contribution >= 4 is 28.3 Å². The SMILES string of the molecule is CC(C)c1csc(NC(=O)C2CC(=O)N(C(C)C)C2)n1. The minimum atomic E-state index is -0.267. The zero-order valence-electron chi connectivity index (χ0n) is 12.3. The number of amides is 2. The van der Waals surface area contributed by atoms with Crippen molar-refractivity contribution in [1.82, 2.24) is 9.88 Å². The van der Waals surface area contributed by atoms with E-state index in [-0.39, 0.29) is 23.8 Å². The number of hydrogen-bond donors (Lipinski definition) is 1. The summed E-state index contributed by atoms with van der Waals surface area (Å²) in [5.74, 6) is 0.0333. The van der Waals surface area contributed by atoms with E-state index in [9.17, 15) is 9.59 Å². The van der Waals surface area contributed by atoms with Crippen LogP contribution >= 0.6 is 11.3 Å². The van der Waals surface area contributed by atoms with Gasteiger partial charge >= 0.3 is 0 Å². The normalized spacial score (nSPS) is 19.2. The maximum Gasteiger partial charge on any atom is 0.231 e. The lowest BCUT2D eigenvalue weighted by molar-refractivity contribution is -0.129. The van der Waals surface area contributed by atoms with Crippen molar-refractivity contribution in [2.45, 2.75) is 46.1 Å². The second-order valence-electron chi connectivity index (χ2n) is 5.76. The highest BCUT2D eigenvalue weighted by atomic mass is 32.1. The summed E-state index contributed by atoms with van der Waals surface area (Å²) in [6.07, 6.45) is 0.298. The van der Waals surface area contributed by atoms with Crippen LogP contribution in [0.2, 0.25) is 0 Å². The maximum absolute atomic E-state index is 12.2. The first-order chi connectivity index (χ1) is 9.38. The van der Waals surface area contributed by atoms with E-state index in [4.69, 9.17) is 0 Å². The Kier molecular flexibility index (Phi) is 4.42. The summed E-state index contributed by atoms with van der Waals surface area (Å²) in [7, 11) is 0. The molecule has 1 aliphatic heterocycles. The van der Waals surface area contributed by atoms with E-state index in [0.717, 1.165) is 5.69 Å². The summed E-state index contributed by atoms with van der Waals surface area (Å²) in [6, 6.07) is 0.146. The second-order valence-corrected chi connectivity index (χ2v) is 6.62. The molecule has 1 atom stereocenters. The smallest absolute Gasteiger partial charge is 0.231 e. The minimum Gasteiger partial charge on any atom is -0.339 e. The van der Waals surface area contributed by atoms with Crippen molar-refractivity contribution in [3.05, 3.63) is 11.1 Å². The van der Waals surface area contributed by atoms with Crippen LogP contribution in [0.4, 0.5) is 5.13 Å². The van der Waals surface area contributed by atoms with Crippen molar-refractivity contribution in [3.63, 3.8) is 0 Å². The molecule has 2 rings (SSSR count). The highest BCUT2D eigenvalue weighted by molar-refractivity contribution is 7.13. The van der Waals surface area contributed by atoms with Gasteiger partial charge in [-0.15, -0.1) is 11.3 Å². The average Bonchev–Trinajstić information content (AvgIpc) is 2.95. The molecule has 0 saturated carbocycles. The van der Waals surface area contributed by atoms with Gasteiger partial charge in [-0.05, 0) is 19.8 Å². The molecule has 1 aromatic heterocycles. The molecular weight excluding hydrogens is 274 g/mol. The number of nitrogens with one attached hydrogen (secondary N) is 1. The standard InChI is InChI=1S/C14H21N3O2S/c1-8(2)11-7-20-14(15-11)16-13(19)10-5-12(18)17(6-10)9(3)4/h7-10H,5-6H2,1-4H3,(H,15,16,19). The number of likely N-dealkylation sites (tertiary alicyclic amines) is 1. The molecule has 6 heteroatoms. The van der Waals surface area contributed by atoms with Gasteiger partial charge < -0.3 is 10.2 Å². The molecule has 2 heterocycles. The predicted octanol–water partition coefficient (Wildman–Crippen LogP) is 2.46. The zero-order chi connectivity index (χ0) is 14.9. The van der Waals surface area contributed by atoms with Crippen molar-refractivity contribution in [1.29, 1.82) is 0 Å². The largest absolute Gasteiger partial charge is 0.339 e. The van der Waals surface area contributed by atoms with E-state index < -0.39 is 0 Å². The van der Waals surface area contributed by atoms with E-state index in [0.29, 0.717) is 24.0 Å². The van der Waals surface area contributed by atoms with Crippen LogP contribution in [0.25, 0.3) is 0 Å². The van der Waals surface area contributed by atoms with E-state index >= 15 is 0 Å². The van der Waals surface area contributed by atoms with Gasteiger partial charge in [0.1, 0.15) is 0 Å². The van der Waals surface area contributed by atoms with Gasteiger partial charge in [-0.3, -0.25) is 9.59 Å². The van der Waals surface area contributed by atoms with Crippen LogP contribution in [0.5, 0.6) is 0 Å². The summed E-state index contributed by atoms with van der Waals surface area (Å²) in [4.78, 5) is 30.1. The van der Waals surface area contributed by atoms with Crippen molar-refractivity contribution in [2.75, 3.05) is 11.9 Å². The zero-order valence-corrected chi connectivity index (χ0v) is 13.2. The Morgan fingerprint density at radius 1 is 1.45 bits per heavy atom. The van der Waals surface area contributed by atoms with Crippen molar-refractivity contribution in [2.24, 2.45) is 5.92 Å². The van der Waals surface area contributed by atoms with E-state index in [1.807, 2.05) is 19.2 Å². The molecule has 1 saturated heterocycles. The predicted molar refractivity (Wildman–Crippen MR) is 79.8 cm³/mol. The van der Waals surface area contributed by atoms with Crippen molar-refractivity contribution < 1.29 is 9.59 Å². The Morgan fingerprint density at radius 2 is 2.15 bits per heavy atom. The molecule has 0 spiro atoms.